The van der Waals surface area contributed by atoms with Gasteiger partial charge in [-0.15, -0.1) is 0 Å². The van der Waals surface area contributed by atoms with Crippen LogP contribution in [0.2, 0.25) is 5.02 Å². The lowest BCUT2D eigenvalue weighted by atomic mass is 9.68. The second-order valence-corrected chi connectivity index (χ2v) is 7.10. The number of piperazine rings is 1. The van der Waals surface area contributed by atoms with Crippen LogP contribution in [-0.4, -0.2) is 60.3 Å². The summed E-state index contributed by atoms with van der Waals surface area (Å²) in [7, 11) is 2.17. The van der Waals surface area contributed by atoms with Crippen LogP contribution in [0.25, 0.3) is 0 Å². The average Bonchev–Trinajstić information content (AvgIpc) is 2.45. The summed E-state index contributed by atoms with van der Waals surface area (Å²) in [5.74, 6) is 0.201. The van der Waals surface area contributed by atoms with E-state index in [2.05, 4.69) is 29.0 Å². The van der Waals surface area contributed by atoms with Crippen LogP contribution in [-0.2, 0) is 0 Å². The van der Waals surface area contributed by atoms with Gasteiger partial charge >= 0.3 is 0 Å². The zero-order chi connectivity index (χ0) is 14.9. The minimum absolute atomic E-state index is 0.201. The summed E-state index contributed by atoms with van der Waals surface area (Å²) in [6.45, 7) is 5.37. The van der Waals surface area contributed by atoms with Crippen LogP contribution in [0, 0.1) is 0 Å². The molecular weight excluding hydrogens is 284 g/mol. The highest BCUT2D eigenvalue weighted by molar-refractivity contribution is 6.30. The Bertz CT molecular complexity index is 464. The molecule has 0 bridgehead atoms. The Kier molecular flexibility index (Phi) is 4.55. The second-order valence-electron chi connectivity index (χ2n) is 6.67. The van der Waals surface area contributed by atoms with Gasteiger partial charge in [0.15, 0.2) is 0 Å². The lowest BCUT2D eigenvalue weighted by Gasteiger charge is -2.46. The van der Waals surface area contributed by atoms with Crippen molar-refractivity contribution in [1.29, 1.82) is 0 Å². The predicted octanol–water partition coefficient (Wildman–Crippen LogP) is 2.59. The molecule has 1 saturated carbocycles. The van der Waals surface area contributed by atoms with Crippen molar-refractivity contribution in [3.63, 3.8) is 0 Å². The summed E-state index contributed by atoms with van der Waals surface area (Å²) in [4.78, 5) is 4.86. The van der Waals surface area contributed by atoms with E-state index in [0.29, 0.717) is 0 Å². The number of aliphatic hydroxyl groups is 1. The number of rotatable bonds is 4. The largest absolute Gasteiger partial charge is 0.389 e. The Hall–Kier alpha value is -0.610. The van der Waals surface area contributed by atoms with E-state index in [0.717, 1.165) is 57.0 Å². The van der Waals surface area contributed by atoms with Gasteiger partial charge in [0.05, 0.1) is 5.60 Å². The Labute approximate surface area is 132 Å². The first-order chi connectivity index (χ1) is 10.1. The van der Waals surface area contributed by atoms with Gasteiger partial charge in [-0.25, -0.2) is 0 Å². The van der Waals surface area contributed by atoms with Gasteiger partial charge in [-0.1, -0.05) is 23.7 Å². The third-order valence-corrected chi connectivity index (χ3v) is 5.43. The van der Waals surface area contributed by atoms with Crippen LogP contribution in [0.3, 0.4) is 0 Å². The topological polar surface area (TPSA) is 26.7 Å². The molecule has 2 aliphatic rings. The van der Waals surface area contributed by atoms with Crippen molar-refractivity contribution in [2.75, 3.05) is 39.8 Å². The number of nitrogens with zero attached hydrogens (tertiary/aromatic N) is 2. The van der Waals surface area contributed by atoms with Crippen molar-refractivity contribution < 1.29 is 5.11 Å². The van der Waals surface area contributed by atoms with Crippen LogP contribution in [0.15, 0.2) is 24.3 Å². The molecule has 116 valence electrons. The zero-order valence-corrected chi connectivity index (χ0v) is 13.5. The molecule has 3 rings (SSSR count). The Balaban J connectivity index is 1.75. The average molecular weight is 309 g/mol. The van der Waals surface area contributed by atoms with E-state index >= 15 is 0 Å². The first-order valence-electron chi connectivity index (χ1n) is 7.96. The third-order valence-electron chi connectivity index (χ3n) is 5.18. The van der Waals surface area contributed by atoms with Gasteiger partial charge in [-0.2, -0.15) is 0 Å². The van der Waals surface area contributed by atoms with Crippen LogP contribution in [0.5, 0.6) is 0 Å². The molecule has 0 amide bonds. The highest BCUT2D eigenvalue weighted by Gasteiger charge is 2.43. The maximum atomic E-state index is 10.9. The quantitative estimate of drug-likeness (QED) is 0.926. The number of hydrogen-bond donors (Lipinski definition) is 1. The first kappa shape index (κ1) is 15.3. The first-order valence-corrected chi connectivity index (χ1v) is 8.33. The van der Waals surface area contributed by atoms with E-state index in [1.807, 2.05) is 12.1 Å². The van der Waals surface area contributed by atoms with Crippen molar-refractivity contribution >= 4 is 11.6 Å². The molecule has 0 radical (unpaired) electrons. The second kappa shape index (κ2) is 6.25. The normalized spacial score (nSPS) is 24.5. The summed E-state index contributed by atoms with van der Waals surface area (Å²) >= 11 is 6.01. The standard InChI is InChI=1S/C17H25ClN2O/c1-19-9-11-20(12-10-19)13-16(17(21)7-2-8-17)14-3-5-15(18)6-4-14/h3-6,16,21H,2,7-13H2,1H3. The molecule has 1 heterocycles. The van der Waals surface area contributed by atoms with E-state index in [9.17, 15) is 5.11 Å². The lowest BCUT2D eigenvalue weighted by molar-refractivity contribution is -0.0665. The highest BCUT2D eigenvalue weighted by atomic mass is 35.5. The fourth-order valence-electron chi connectivity index (χ4n) is 3.46. The fraction of sp³-hybridized carbons (Fsp3) is 0.647. The zero-order valence-electron chi connectivity index (χ0n) is 12.8. The van der Waals surface area contributed by atoms with E-state index in [4.69, 9.17) is 11.6 Å². The monoisotopic (exact) mass is 308 g/mol. The molecular formula is C17H25ClN2O. The van der Waals surface area contributed by atoms with Gasteiger partial charge in [0.1, 0.15) is 0 Å². The SMILES string of the molecule is CN1CCN(CC(c2ccc(Cl)cc2)C2(O)CCC2)CC1. The number of hydrogen-bond acceptors (Lipinski definition) is 3. The summed E-state index contributed by atoms with van der Waals surface area (Å²) in [6, 6.07) is 8.05. The number of likely N-dealkylation sites (N-methyl/N-ethyl adjacent to an activating group) is 1. The summed E-state index contributed by atoms with van der Waals surface area (Å²) in [5.41, 5.74) is 0.706. The van der Waals surface area contributed by atoms with Crippen molar-refractivity contribution in [3.8, 4) is 0 Å². The molecule has 0 spiro atoms. The van der Waals surface area contributed by atoms with Crippen molar-refractivity contribution in [3.05, 3.63) is 34.9 Å². The van der Waals surface area contributed by atoms with Crippen LogP contribution in [0.4, 0.5) is 0 Å². The predicted molar refractivity (Wildman–Crippen MR) is 86.9 cm³/mol. The molecule has 1 aliphatic carbocycles. The molecule has 1 aromatic rings. The summed E-state index contributed by atoms with van der Waals surface area (Å²) in [6.07, 6.45) is 2.99. The van der Waals surface area contributed by atoms with Gasteiger partial charge in [0, 0.05) is 43.7 Å². The Morgan fingerprint density at radius 1 is 1.14 bits per heavy atom. The molecule has 0 aromatic heterocycles. The maximum Gasteiger partial charge on any atom is 0.0728 e. The fourth-order valence-corrected chi connectivity index (χ4v) is 3.58. The minimum atomic E-state index is -0.517. The van der Waals surface area contributed by atoms with Gasteiger partial charge in [-0.3, -0.25) is 0 Å². The molecule has 1 saturated heterocycles. The molecule has 1 aromatic carbocycles. The van der Waals surface area contributed by atoms with E-state index < -0.39 is 5.60 Å². The van der Waals surface area contributed by atoms with E-state index in [1.165, 1.54) is 5.56 Å². The van der Waals surface area contributed by atoms with E-state index in [1.54, 1.807) is 0 Å². The molecule has 1 unspecified atom stereocenters. The third kappa shape index (κ3) is 3.42. The smallest absolute Gasteiger partial charge is 0.0728 e. The van der Waals surface area contributed by atoms with Gasteiger partial charge in [-0.05, 0) is 44.0 Å². The van der Waals surface area contributed by atoms with Crippen LogP contribution < -0.4 is 0 Å². The van der Waals surface area contributed by atoms with E-state index in [-0.39, 0.29) is 5.92 Å². The minimum Gasteiger partial charge on any atom is -0.389 e. The van der Waals surface area contributed by atoms with Crippen LogP contribution in [0.1, 0.15) is 30.7 Å². The molecule has 21 heavy (non-hydrogen) atoms. The molecule has 4 heteroatoms. The molecule has 1 N–H and O–H groups in total. The maximum absolute atomic E-state index is 10.9. The number of benzene rings is 1. The number of halogens is 1. The van der Waals surface area contributed by atoms with Crippen molar-refractivity contribution in [2.45, 2.75) is 30.8 Å². The molecule has 3 nitrogen and oxygen atoms in total. The highest BCUT2D eigenvalue weighted by Crippen LogP contribution is 2.44. The Morgan fingerprint density at radius 2 is 1.76 bits per heavy atom. The van der Waals surface area contributed by atoms with Gasteiger partial charge < -0.3 is 14.9 Å². The van der Waals surface area contributed by atoms with Crippen molar-refractivity contribution in [2.24, 2.45) is 0 Å². The summed E-state index contributed by atoms with van der Waals surface area (Å²) in [5, 5.41) is 11.7. The van der Waals surface area contributed by atoms with Gasteiger partial charge in [0.2, 0.25) is 0 Å². The van der Waals surface area contributed by atoms with Crippen LogP contribution >= 0.6 is 11.6 Å². The molecule has 2 fully saturated rings. The van der Waals surface area contributed by atoms with Crippen molar-refractivity contribution in [1.82, 2.24) is 9.80 Å². The lowest BCUT2D eigenvalue weighted by Crippen LogP contribution is -2.51. The summed E-state index contributed by atoms with van der Waals surface area (Å²) < 4.78 is 0. The molecule has 1 atom stereocenters. The Morgan fingerprint density at radius 3 is 2.29 bits per heavy atom. The molecule has 1 aliphatic heterocycles. The van der Waals surface area contributed by atoms with Gasteiger partial charge in [0.25, 0.3) is 0 Å².